The summed E-state index contributed by atoms with van der Waals surface area (Å²) >= 11 is 1.61. The number of hydrogen-bond donors (Lipinski definition) is 1. The van der Waals surface area contributed by atoms with Crippen LogP contribution in [0.1, 0.15) is 56.8 Å². The molecule has 1 fully saturated rings. The molecule has 3 aromatic carbocycles. The molecule has 0 aliphatic carbocycles. The molecule has 0 saturated carbocycles. The van der Waals surface area contributed by atoms with Gasteiger partial charge >= 0.3 is 0 Å². The van der Waals surface area contributed by atoms with Crippen LogP contribution in [0.4, 0.5) is 0 Å². The highest BCUT2D eigenvalue weighted by atomic mass is 32.2. The number of rotatable bonds is 11. The van der Waals surface area contributed by atoms with E-state index >= 15 is 0 Å². The molecule has 0 aromatic heterocycles. The van der Waals surface area contributed by atoms with E-state index in [2.05, 4.69) is 5.32 Å². The number of sulfone groups is 1. The normalized spacial score (nSPS) is 15.0. The van der Waals surface area contributed by atoms with Crippen molar-refractivity contribution in [2.45, 2.75) is 61.0 Å². The summed E-state index contributed by atoms with van der Waals surface area (Å²) in [5.74, 6) is 0.479. The lowest BCUT2D eigenvalue weighted by Gasteiger charge is -2.35. The number of benzene rings is 3. The first-order valence-corrected chi connectivity index (χ1v) is 15.2. The fourth-order valence-corrected chi connectivity index (χ4v) is 7.60. The van der Waals surface area contributed by atoms with Gasteiger partial charge in [0, 0.05) is 36.6 Å². The summed E-state index contributed by atoms with van der Waals surface area (Å²) < 4.78 is 31.1. The molecule has 1 amide bonds. The Kier molecular flexibility index (Phi) is 10.5. The first-order valence-electron chi connectivity index (χ1n) is 12.7. The number of ether oxygens (including phenoxy) is 1. The van der Waals surface area contributed by atoms with Crippen LogP contribution in [0.25, 0.3) is 10.8 Å². The maximum atomic E-state index is 13.6. The van der Waals surface area contributed by atoms with Crippen LogP contribution < -0.4 is 5.32 Å². The van der Waals surface area contributed by atoms with Gasteiger partial charge in [0.05, 0.1) is 4.90 Å². The van der Waals surface area contributed by atoms with Gasteiger partial charge in [-0.3, -0.25) is 9.59 Å². The Morgan fingerprint density at radius 3 is 2.34 bits per heavy atom. The lowest BCUT2D eigenvalue weighted by atomic mass is 9.91. The maximum absolute atomic E-state index is 13.6. The summed E-state index contributed by atoms with van der Waals surface area (Å²) in [6, 6.07) is 20.4. The average molecular weight is 556 g/mol. The second-order valence-electron chi connectivity index (χ2n) is 9.27. The fourth-order valence-electron chi connectivity index (χ4n) is 4.69. The van der Waals surface area contributed by atoms with Gasteiger partial charge in [0.1, 0.15) is 4.75 Å². The molecule has 0 unspecified atom stereocenters. The van der Waals surface area contributed by atoms with Crippen molar-refractivity contribution in [1.29, 1.82) is 0 Å². The van der Waals surface area contributed by atoms with Crippen LogP contribution in [0, 0.1) is 0 Å². The van der Waals surface area contributed by atoms with Crippen molar-refractivity contribution in [3.8, 4) is 0 Å². The van der Waals surface area contributed by atoms with Crippen LogP contribution in [-0.2, 0) is 19.4 Å². The van der Waals surface area contributed by atoms with Crippen molar-refractivity contribution in [3.63, 3.8) is 0 Å². The van der Waals surface area contributed by atoms with E-state index in [1.807, 2.05) is 49.4 Å². The topological polar surface area (TPSA) is 89.5 Å². The Morgan fingerprint density at radius 2 is 1.66 bits per heavy atom. The molecule has 3 aromatic rings. The van der Waals surface area contributed by atoms with Gasteiger partial charge in [-0.15, -0.1) is 11.8 Å². The van der Waals surface area contributed by atoms with E-state index in [9.17, 15) is 18.0 Å². The van der Waals surface area contributed by atoms with E-state index in [1.165, 1.54) is 0 Å². The van der Waals surface area contributed by atoms with Gasteiger partial charge in [-0.25, -0.2) is 8.42 Å². The van der Waals surface area contributed by atoms with Gasteiger partial charge < -0.3 is 10.1 Å². The lowest BCUT2D eigenvalue weighted by molar-refractivity contribution is -0.124. The van der Waals surface area contributed by atoms with E-state index in [0.29, 0.717) is 18.5 Å². The Morgan fingerprint density at radius 1 is 0.974 bits per heavy atom. The van der Waals surface area contributed by atoms with Gasteiger partial charge in [0.2, 0.25) is 0 Å². The molecular formula is C30H37NO5S2. The zero-order valence-corrected chi connectivity index (χ0v) is 22.7. The van der Waals surface area contributed by atoms with Gasteiger partial charge in [-0.05, 0) is 78.6 Å². The van der Waals surface area contributed by atoms with Gasteiger partial charge in [-0.2, -0.15) is 0 Å². The van der Waals surface area contributed by atoms with Crippen molar-refractivity contribution in [3.05, 3.63) is 72.3 Å². The molecule has 1 aliphatic rings. The van der Waals surface area contributed by atoms with E-state index in [0.717, 1.165) is 27.8 Å². The Bertz CT molecular complexity index is 1350. The molecular weight excluding hydrogens is 518 g/mol. The second kappa shape index (κ2) is 13.4. The third-order valence-corrected chi connectivity index (χ3v) is 10.5. The zero-order valence-electron chi connectivity index (χ0n) is 21.1. The number of hydrogen-bond acceptors (Lipinski definition) is 6. The highest BCUT2D eigenvalue weighted by Crippen LogP contribution is 2.37. The van der Waals surface area contributed by atoms with E-state index in [4.69, 9.17) is 4.74 Å². The third kappa shape index (κ3) is 6.47. The third-order valence-electron chi connectivity index (χ3n) is 6.82. The Balaban J connectivity index is 0.00000400. The van der Waals surface area contributed by atoms with Crippen molar-refractivity contribution < 1.29 is 22.7 Å². The van der Waals surface area contributed by atoms with Gasteiger partial charge in [0.15, 0.2) is 15.6 Å². The fraction of sp³-hybridized carbons (Fsp3) is 0.400. The predicted molar refractivity (Wildman–Crippen MR) is 155 cm³/mol. The zero-order chi connectivity index (χ0) is 26.3. The maximum Gasteiger partial charge on any atom is 0.251 e. The number of nitrogens with one attached hydrogen (secondary N) is 1. The summed E-state index contributed by atoms with van der Waals surface area (Å²) in [4.78, 5) is 26.6. The lowest BCUT2D eigenvalue weighted by Crippen LogP contribution is -2.50. The Hall–Kier alpha value is -2.68. The second-order valence-corrected chi connectivity index (χ2v) is 12.7. The minimum atomic E-state index is -3.83. The average Bonchev–Trinajstić information content (AvgIpc) is 2.93. The number of fused-ring (bicyclic) bond motifs is 1. The Labute approximate surface area is 230 Å². The van der Waals surface area contributed by atoms with Crippen LogP contribution in [0.15, 0.2) is 76.5 Å². The smallest absolute Gasteiger partial charge is 0.251 e. The molecule has 204 valence electrons. The van der Waals surface area contributed by atoms with E-state index < -0.39 is 14.6 Å². The molecule has 6 nitrogen and oxygen atoms in total. The SMILES string of the molecule is C.CCCC(=O)C1(S(=O)(=O)c2ccc(SCCCNC(=O)c3ccc4ccccc4c3)cc2)CCOCC1. The van der Waals surface area contributed by atoms with Crippen LogP contribution in [-0.4, -0.2) is 50.4 Å². The summed E-state index contributed by atoms with van der Waals surface area (Å²) in [6.07, 6.45) is 2.06. The predicted octanol–water partition coefficient (Wildman–Crippen LogP) is 6.08. The van der Waals surface area contributed by atoms with Crippen molar-refractivity contribution in [2.24, 2.45) is 0 Å². The largest absolute Gasteiger partial charge is 0.381 e. The number of ketones is 1. The summed E-state index contributed by atoms with van der Waals surface area (Å²) in [7, 11) is -3.83. The van der Waals surface area contributed by atoms with Crippen LogP contribution in [0.2, 0.25) is 0 Å². The molecule has 1 saturated heterocycles. The van der Waals surface area contributed by atoms with Crippen LogP contribution >= 0.6 is 11.8 Å². The molecule has 38 heavy (non-hydrogen) atoms. The van der Waals surface area contributed by atoms with Crippen LogP contribution in [0.5, 0.6) is 0 Å². The van der Waals surface area contributed by atoms with Crippen molar-refractivity contribution in [1.82, 2.24) is 5.32 Å². The van der Waals surface area contributed by atoms with Crippen molar-refractivity contribution >= 4 is 44.1 Å². The van der Waals surface area contributed by atoms with E-state index in [1.54, 1.807) is 36.0 Å². The standard InChI is InChI=1S/C29H33NO5S2.CH4/c1-2-6-27(31)29(15-18-35-19-16-29)37(33,34)26-13-11-25(12-14-26)36-20-5-17-30-28(32)24-10-9-22-7-3-4-8-23(22)21-24;/h3-4,7-14,21H,2,5-6,15-20H2,1H3,(H,30,32);1H4. The minimum absolute atomic E-state index is 0. The van der Waals surface area contributed by atoms with Crippen LogP contribution in [0.3, 0.4) is 0 Å². The first kappa shape index (κ1) is 29.9. The van der Waals surface area contributed by atoms with Crippen molar-refractivity contribution in [2.75, 3.05) is 25.5 Å². The molecule has 0 bridgehead atoms. The van der Waals surface area contributed by atoms with Gasteiger partial charge in [-0.1, -0.05) is 44.7 Å². The molecule has 0 atom stereocenters. The molecule has 8 heteroatoms. The minimum Gasteiger partial charge on any atom is -0.381 e. The first-order chi connectivity index (χ1) is 17.9. The highest BCUT2D eigenvalue weighted by molar-refractivity contribution is 7.99. The number of carbonyl (C=O) groups excluding carboxylic acids is 2. The number of Topliss-reactive ketones (excluding diaryl/α,β-unsaturated/α-hetero) is 1. The highest BCUT2D eigenvalue weighted by Gasteiger charge is 2.51. The number of thioether (sulfide) groups is 1. The summed E-state index contributed by atoms with van der Waals surface area (Å²) in [5, 5.41) is 5.10. The number of carbonyl (C=O) groups is 2. The number of amides is 1. The van der Waals surface area contributed by atoms with Gasteiger partial charge in [0.25, 0.3) is 5.91 Å². The molecule has 0 spiro atoms. The molecule has 0 radical (unpaired) electrons. The molecule has 1 N–H and O–H groups in total. The quantitative estimate of drug-likeness (QED) is 0.228. The molecule has 1 aliphatic heterocycles. The monoisotopic (exact) mass is 555 g/mol. The molecule has 4 rings (SSSR count). The molecule has 1 heterocycles. The summed E-state index contributed by atoms with van der Waals surface area (Å²) in [6.45, 7) is 2.99. The summed E-state index contributed by atoms with van der Waals surface area (Å²) in [5.41, 5.74) is 0.642. The van der Waals surface area contributed by atoms with E-state index in [-0.39, 0.29) is 56.5 Å².